The van der Waals surface area contributed by atoms with Gasteiger partial charge in [0.05, 0.1) is 12.1 Å². The third-order valence-corrected chi connectivity index (χ3v) is 1.80. The first-order valence-corrected chi connectivity index (χ1v) is 3.84. The zero-order valence-electron chi connectivity index (χ0n) is 6.94. The number of aromatic hydroxyl groups is 1. The highest BCUT2D eigenvalue weighted by molar-refractivity contribution is 5.28. The third kappa shape index (κ3) is 1.96. The van der Waals surface area contributed by atoms with Gasteiger partial charge in [0.15, 0.2) is 0 Å². The second kappa shape index (κ2) is 3.56. The molecule has 0 aliphatic carbocycles. The average Bonchev–Trinajstić information content (AvgIpc) is 2.04. The minimum Gasteiger partial charge on any atom is -0.508 e. The number of benzene rings is 1. The summed E-state index contributed by atoms with van der Waals surface area (Å²) in [5, 5.41) is 18.1. The summed E-state index contributed by atoms with van der Waals surface area (Å²) in [6.45, 7) is 1.64. The van der Waals surface area contributed by atoms with Crippen molar-refractivity contribution in [1.82, 2.24) is 0 Å². The van der Waals surface area contributed by atoms with E-state index in [2.05, 4.69) is 0 Å². The van der Waals surface area contributed by atoms with E-state index in [1.54, 1.807) is 31.2 Å². The molecular formula is C9H13NO2. The van der Waals surface area contributed by atoms with Crippen LogP contribution < -0.4 is 5.73 Å². The van der Waals surface area contributed by atoms with Crippen molar-refractivity contribution in [3.05, 3.63) is 29.8 Å². The minimum atomic E-state index is -0.574. The molecule has 3 nitrogen and oxygen atoms in total. The maximum Gasteiger partial charge on any atom is 0.115 e. The number of phenolic OH excluding ortho intramolecular Hbond substituents is 1. The Labute approximate surface area is 71.5 Å². The van der Waals surface area contributed by atoms with Crippen molar-refractivity contribution in [3.8, 4) is 5.75 Å². The van der Waals surface area contributed by atoms with Crippen LogP contribution in [0.25, 0.3) is 0 Å². The van der Waals surface area contributed by atoms with E-state index in [-0.39, 0.29) is 11.8 Å². The normalized spacial score (nSPS) is 15.6. The molecule has 0 amide bonds. The van der Waals surface area contributed by atoms with E-state index in [1.807, 2.05) is 0 Å². The topological polar surface area (TPSA) is 66.5 Å². The summed E-state index contributed by atoms with van der Waals surface area (Å²) in [7, 11) is 0. The van der Waals surface area contributed by atoms with Gasteiger partial charge in [-0.15, -0.1) is 0 Å². The van der Waals surface area contributed by atoms with Crippen molar-refractivity contribution in [1.29, 1.82) is 0 Å². The standard InChI is InChI=1S/C9H13NO2/c1-6(11)9(10)7-2-4-8(12)5-3-7/h2-6,9,11-12H,10H2,1H3/t6-,9-/m0/s1. The second-order valence-corrected chi connectivity index (χ2v) is 2.86. The Bertz CT molecular complexity index is 243. The average molecular weight is 167 g/mol. The summed E-state index contributed by atoms with van der Waals surface area (Å²) >= 11 is 0. The van der Waals surface area contributed by atoms with E-state index in [1.165, 1.54) is 0 Å². The van der Waals surface area contributed by atoms with E-state index < -0.39 is 6.10 Å². The van der Waals surface area contributed by atoms with Gasteiger partial charge in [0.2, 0.25) is 0 Å². The van der Waals surface area contributed by atoms with Crippen molar-refractivity contribution in [2.24, 2.45) is 5.73 Å². The number of aliphatic hydroxyl groups excluding tert-OH is 1. The fourth-order valence-electron chi connectivity index (χ4n) is 0.975. The van der Waals surface area contributed by atoms with E-state index in [9.17, 15) is 0 Å². The number of hydrogen-bond acceptors (Lipinski definition) is 3. The van der Waals surface area contributed by atoms with Gasteiger partial charge in [-0.25, -0.2) is 0 Å². The molecule has 0 bridgehead atoms. The zero-order chi connectivity index (χ0) is 9.14. The fourth-order valence-corrected chi connectivity index (χ4v) is 0.975. The summed E-state index contributed by atoms with van der Waals surface area (Å²) in [6.07, 6.45) is -0.574. The summed E-state index contributed by atoms with van der Waals surface area (Å²) in [5.41, 5.74) is 6.48. The Morgan fingerprint density at radius 1 is 1.25 bits per heavy atom. The highest BCUT2D eigenvalue weighted by Gasteiger charge is 2.10. The maximum atomic E-state index is 9.16. The number of rotatable bonds is 2. The quantitative estimate of drug-likeness (QED) is 0.609. The molecule has 0 radical (unpaired) electrons. The number of nitrogens with two attached hydrogens (primary N) is 1. The molecule has 0 saturated carbocycles. The molecule has 1 rings (SSSR count). The van der Waals surface area contributed by atoms with Gasteiger partial charge in [0, 0.05) is 0 Å². The Kier molecular flexibility index (Phi) is 2.68. The van der Waals surface area contributed by atoms with Gasteiger partial charge >= 0.3 is 0 Å². The lowest BCUT2D eigenvalue weighted by Gasteiger charge is -2.14. The second-order valence-electron chi connectivity index (χ2n) is 2.86. The first-order chi connectivity index (χ1) is 5.61. The summed E-state index contributed by atoms with van der Waals surface area (Å²) in [4.78, 5) is 0. The van der Waals surface area contributed by atoms with Gasteiger partial charge in [-0.05, 0) is 24.6 Å². The molecule has 0 heterocycles. The molecule has 0 saturated heterocycles. The molecule has 1 aromatic rings. The zero-order valence-corrected chi connectivity index (χ0v) is 6.94. The summed E-state index contributed by atoms with van der Waals surface area (Å²) < 4.78 is 0. The molecule has 0 spiro atoms. The molecule has 0 aliphatic heterocycles. The predicted octanol–water partition coefficient (Wildman–Crippen LogP) is 0.773. The van der Waals surface area contributed by atoms with Crippen molar-refractivity contribution in [2.45, 2.75) is 19.1 Å². The first-order valence-electron chi connectivity index (χ1n) is 3.84. The van der Waals surface area contributed by atoms with Gasteiger partial charge in [-0.3, -0.25) is 0 Å². The third-order valence-electron chi connectivity index (χ3n) is 1.80. The highest BCUT2D eigenvalue weighted by Crippen LogP contribution is 2.17. The number of phenols is 1. The summed E-state index contributed by atoms with van der Waals surface area (Å²) in [5.74, 6) is 0.205. The van der Waals surface area contributed by atoms with Crippen LogP contribution in [0.1, 0.15) is 18.5 Å². The van der Waals surface area contributed by atoms with Gasteiger partial charge < -0.3 is 15.9 Å². The van der Waals surface area contributed by atoms with Gasteiger partial charge in [-0.2, -0.15) is 0 Å². The van der Waals surface area contributed by atoms with Crippen molar-refractivity contribution in [2.75, 3.05) is 0 Å². The molecule has 0 aliphatic rings. The minimum absolute atomic E-state index is 0.205. The predicted molar refractivity (Wildman–Crippen MR) is 46.7 cm³/mol. The lowest BCUT2D eigenvalue weighted by atomic mass is 10.0. The monoisotopic (exact) mass is 167 g/mol. The van der Waals surface area contributed by atoms with Crippen LogP contribution in [0.15, 0.2) is 24.3 Å². The lowest BCUT2D eigenvalue weighted by molar-refractivity contribution is 0.164. The van der Waals surface area contributed by atoms with Crippen LogP contribution >= 0.6 is 0 Å². The number of hydrogen-bond donors (Lipinski definition) is 3. The van der Waals surface area contributed by atoms with Crippen molar-refractivity contribution < 1.29 is 10.2 Å². The Hall–Kier alpha value is -1.06. The molecule has 4 N–H and O–H groups in total. The number of aliphatic hydroxyl groups is 1. The first kappa shape index (κ1) is 9.03. The molecular weight excluding hydrogens is 154 g/mol. The Morgan fingerprint density at radius 2 is 1.75 bits per heavy atom. The van der Waals surface area contributed by atoms with Gasteiger partial charge in [0.25, 0.3) is 0 Å². The van der Waals surface area contributed by atoms with Crippen LogP contribution in [0, 0.1) is 0 Å². The van der Waals surface area contributed by atoms with Crippen molar-refractivity contribution in [3.63, 3.8) is 0 Å². The Balaban J connectivity index is 2.82. The van der Waals surface area contributed by atoms with Gasteiger partial charge in [-0.1, -0.05) is 12.1 Å². The maximum absolute atomic E-state index is 9.16. The van der Waals surface area contributed by atoms with E-state index >= 15 is 0 Å². The molecule has 1 aromatic carbocycles. The largest absolute Gasteiger partial charge is 0.508 e. The van der Waals surface area contributed by atoms with Crippen LogP contribution in [-0.4, -0.2) is 16.3 Å². The highest BCUT2D eigenvalue weighted by atomic mass is 16.3. The SMILES string of the molecule is C[C@H](O)[C@H](N)c1ccc(O)cc1. The van der Waals surface area contributed by atoms with Gasteiger partial charge in [0.1, 0.15) is 5.75 Å². The molecule has 66 valence electrons. The molecule has 3 heteroatoms. The smallest absolute Gasteiger partial charge is 0.115 e. The summed E-state index contributed by atoms with van der Waals surface area (Å²) in [6, 6.07) is 6.12. The molecule has 2 atom stereocenters. The van der Waals surface area contributed by atoms with E-state index in [0.717, 1.165) is 5.56 Å². The van der Waals surface area contributed by atoms with Crippen molar-refractivity contribution >= 4 is 0 Å². The van der Waals surface area contributed by atoms with E-state index in [4.69, 9.17) is 15.9 Å². The van der Waals surface area contributed by atoms with Crippen LogP contribution in [-0.2, 0) is 0 Å². The molecule has 0 fully saturated rings. The lowest BCUT2D eigenvalue weighted by Crippen LogP contribution is -2.22. The molecule has 0 aromatic heterocycles. The van der Waals surface area contributed by atoms with E-state index in [0.29, 0.717) is 0 Å². The Morgan fingerprint density at radius 3 is 2.17 bits per heavy atom. The molecule has 12 heavy (non-hydrogen) atoms. The van der Waals surface area contributed by atoms with Crippen LogP contribution in [0.5, 0.6) is 5.75 Å². The molecule has 0 unspecified atom stereocenters. The fraction of sp³-hybridized carbons (Fsp3) is 0.333. The van der Waals surface area contributed by atoms with Crippen LogP contribution in [0.3, 0.4) is 0 Å². The van der Waals surface area contributed by atoms with Crippen LogP contribution in [0.2, 0.25) is 0 Å². The van der Waals surface area contributed by atoms with Crippen LogP contribution in [0.4, 0.5) is 0 Å².